The van der Waals surface area contributed by atoms with E-state index in [1.54, 1.807) is 0 Å². The molecule has 0 saturated heterocycles. The maximum Gasteiger partial charge on any atom is 0.230 e. The predicted octanol–water partition coefficient (Wildman–Crippen LogP) is -1.35. The molecule has 1 aromatic carbocycles. The van der Waals surface area contributed by atoms with Crippen LogP contribution in [0, 0.1) is 29.6 Å². The Balaban J connectivity index is 1.79. The van der Waals surface area contributed by atoms with Crippen molar-refractivity contribution in [3.63, 3.8) is 0 Å². The first-order chi connectivity index (χ1) is 16.3. The first-order valence-corrected chi connectivity index (χ1v) is 12.7. The van der Waals surface area contributed by atoms with Gasteiger partial charge in [0.1, 0.15) is 17.4 Å². The molecular formula is C23H24N2O9S. The Hall–Kier alpha value is -3.24. The minimum Gasteiger partial charge on any atom is -0.508 e. The van der Waals surface area contributed by atoms with Gasteiger partial charge in [-0.15, -0.1) is 0 Å². The summed E-state index contributed by atoms with van der Waals surface area (Å²) in [5.74, 6) is -2.36. The Labute approximate surface area is 200 Å². The van der Waals surface area contributed by atoms with E-state index >= 15 is 0 Å². The summed E-state index contributed by atoms with van der Waals surface area (Å²) in [5.41, 5.74) is 3.01. The predicted molar refractivity (Wildman–Crippen MR) is 120 cm³/mol. The first-order valence-electron chi connectivity index (χ1n) is 10.8. The van der Waals surface area contributed by atoms with Gasteiger partial charge < -0.3 is 26.2 Å². The van der Waals surface area contributed by atoms with Gasteiger partial charge in [0, 0.05) is 17.1 Å². The second-order valence-corrected chi connectivity index (χ2v) is 11.0. The van der Waals surface area contributed by atoms with E-state index in [1.807, 2.05) is 0 Å². The van der Waals surface area contributed by atoms with Gasteiger partial charge in [0.25, 0.3) is 0 Å². The summed E-state index contributed by atoms with van der Waals surface area (Å²) < 4.78 is 24.7. The Morgan fingerprint density at radius 1 is 1.26 bits per heavy atom. The van der Waals surface area contributed by atoms with Crippen molar-refractivity contribution in [3.8, 4) is 17.6 Å². The van der Waals surface area contributed by atoms with Gasteiger partial charge in [-0.2, -0.15) is 0 Å². The smallest absolute Gasteiger partial charge is 0.230 e. The van der Waals surface area contributed by atoms with Gasteiger partial charge in [-0.05, 0) is 42.9 Å². The van der Waals surface area contributed by atoms with Crippen molar-refractivity contribution in [1.82, 2.24) is 4.72 Å². The quantitative estimate of drug-likeness (QED) is 0.212. The molecule has 0 heterocycles. The molecule has 0 aromatic heterocycles. The van der Waals surface area contributed by atoms with Crippen LogP contribution in [0.1, 0.15) is 34.3 Å². The van der Waals surface area contributed by atoms with Gasteiger partial charge in [-0.25, -0.2) is 13.1 Å². The number of aromatic hydroxyl groups is 1. The fraction of sp³-hybridized carbons (Fsp3) is 0.435. The van der Waals surface area contributed by atoms with E-state index in [0.29, 0.717) is 11.1 Å². The number of hydrogen-bond acceptors (Lipinski definition) is 9. The third-order valence-electron chi connectivity index (χ3n) is 6.92. The molecule has 5 atom stereocenters. The van der Waals surface area contributed by atoms with E-state index in [9.17, 15) is 43.2 Å². The normalized spacial score (nSPS) is 30.0. The number of carbonyl (C=O) groups excluding carboxylic acids is 3. The molecule has 0 aliphatic heterocycles. The molecule has 3 aliphatic carbocycles. The number of nitrogens with two attached hydrogens (primary N) is 1. The van der Waals surface area contributed by atoms with Gasteiger partial charge in [0.2, 0.25) is 15.9 Å². The van der Waals surface area contributed by atoms with E-state index in [1.165, 1.54) is 12.1 Å². The average Bonchev–Trinajstić information content (AvgIpc) is 2.74. The largest absolute Gasteiger partial charge is 0.508 e. The van der Waals surface area contributed by atoms with Crippen LogP contribution < -0.4 is 10.5 Å². The van der Waals surface area contributed by atoms with E-state index < -0.39 is 68.5 Å². The number of rotatable bonds is 3. The number of amides is 1. The lowest BCUT2D eigenvalue weighted by molar-refractivity contribution is -0.167. The number of aliphatic hydroxyl groups is 3. The van der Waals surface area contributed by atoms with Crippen LogP contribution in [0.2, 0.25) is 0 Å². The number of carbonyl (C=O) groups is 3. The Bertz CT molecular complexity index is 1350. The standard InChI is InChI=1S/C23H24N2O9S/c1-35(33,34)25-6-2-3-10-4-5-14(26)17-13(10)8-11-7-12-9-15(27)18(22(24)31)21(30)23(12,32)20(29)16(11)19(17)28/h4-5,11-12,15,18,25-27,29,32H,6-9H2,1H3,(H2,24,31)/t11-,12+,15?,18?,23+/m1/s1. The number of nitrogens with one attached hydrogen (secondary N) is 1. The van der Waals surface area contributed by atoms with Crippen molar-refractivity contribution in [1.29, 1.82) is 0 Å². The number of phenols is 1. The van der Waals surface area contributed by atoms with Crippen LogP contribution in [0.25, 0.3) is 0 Å². The number of primary amides is 1. The van der Waals surface area contributed by atoms with E-state index in [2.05, 4.69) is 16.6 Å². The molecule has 1 amide bonds. The van der Waals surface area contributed by atoms with Crippen LogP contribution in [-0.2, 0) is 26.0 Å². The highest BCUT2D eigenvalue weighted by Crippen LogP contribution is 2.51. The maximum absolute atomic E-state index is 13.4. The van der Waals surface area contributed by atoms with Gasteiger partial charge in [0.15, 0.2) is 17.2 Å². The molecule has 12 heteroatoms. The van der Waals surface area contributed by atoms with Crippen LogP contribution in [0.5, 0.6) is 5.75 Å². The van der Waals surface area contributed by atoms with Crippen molar-refractivity contribution in [2.24, 2.45) is 23.5 Å². The molecule has 186 valence electrons. The monoisotopic (exact) mass is 504 g/mol. The van der Waals surface area contributed by atoms with Crippen LogP contribution in [0.3, 0.4) is 0 Å². The van der Waals surface area contributed by atoms with Crippen molar-refractivity contribution in [3.05, 3.63) is 40.2 Å². The van der Waals surface area contributed by atoms with Gasteiger partial charge in [-0.3, -0.25) is 14.4 Å². The number of Topliss-reactive ketones (excluding diaryl/α,β-unsaturated/α-hetero) is 2. The third kappa shape index (κ3) is 4.00. The van der Waals surface area contributed by atoms with Crippen molar-refractivity contribution < 1.29 is 43.2 Å². The topological polar surface area (TPSA) is 204 Å². The molecule has 35 heavy (non-hydrogen) atoms. The molecule has 0 radical (unpaired) electrons. The van der Waals surface area contributed by atoms with Gasteiger partial charge in [-0.1, -0.05) is 11.8 Å². The maximum atomic E-state index is 13.4. The SMILES string of the molecule is CS(=O)(=O)NCC#Cc1ccc(O)c2c1C[C@H]1C[C@H]3CC(O)C(C(N)=O)C(=O)[C@@]3(O)C(O)=C1C2=O. The van der Waals surface area contributed by atoms with Crippen molar-refractivity contribution in [2.75, 3.05) is 12.8 Å². The lowest BCUT2D eigenvalue weighted by Gasteiger charge is -2.48. The number of benzene rings is 1. The zero-order valence-electron chi connectivity index (χ0n) is 18.6. The van der Waals surface area contributed by atoms with Crippen LogP contribution >= 0.6 is 0 Å². The van der Waals surface area contributed by atoms with E-state index in [4.69, 9.17) is 5.73 Å². The molecule has 7 N–H and O–H groups in total. The fourth-order valence-electron chi connectivity index (χ4n) is 5.35. The highest BCUT2D eigenvalue weighted by Gasteiger charge is 2.62. The number of sulfonamides is 1. The molecule has 0 spiro atoms. The Kier molecular flexibility index (Phi) is 6.01. The molecular weight excluding hydrogens is 480 g/mol. The molecule has 1 aromatic rings. The zero-order chi connectivity index (χ0) is 25.9. The molecule has 11 nitrogen and oxygen atoms in total. The molecule has 1 fully saturated rings. The number of phenolic OH excluding ortho intramolecular Hbond substituents is 1. The number of aliphatic hydroxyl groups excluding tert-OH is 2. The highest BCUT2D eigenvalue weighted by molar-refractivity contribution is 7.88. The highest BCUT2D eigenvalue weighted by atomic mass is 32.2. The van der Waals surface area contributed by atoms with Crippen molar-refractivity contribution in [2.45, 2.75) is 31.0 Å². The number of fused-ring (bicyclic) bond motifs is 3. The van der Waals surface area contributed by atoms with Crippen LogP contribution in [0.15, 0.2) is 23.5 Å². The van der Waals surface area contributed by atoms with E-state index in [0.717, 1.165) is 6.26 Å². The summed E-state index contributed by atoms with van der Waals surface area (Å²) in [6.45, 7) is -0.173. The lowest BCUT2D eigenvalue weighted by atomic mass is 9.57. The number of hydrogen-bond donors (Lipinski definition) is 6. The molecule has 4 rings (SSSR count). The summed E-state index contributed by atoms with van der Waals surface area (Å²) in [6.07, 6.45) is -0.505. The first kappa shape index (κ1) is 24.9. The second kappa shape index (κ2) is 8.46. The van der Waals surface area contributed by atoms with Crippen LogP contribution in [0.4, 0.5) is 0 Å². The second-order valence-electron chi connectivity index (χ2n) is 9.12. The van der Waals surface area contributed by atoms with E-state index in [-0.39, 0.29) is 36.9 Å². The number of ketones is 2. The molecule has 1 saturated carbocycles. The fourth-order valence-corrected chi connectivity index (χ4v) is 5.69. The molecule has 0 bridgehead atoms. The summed E-state index contributed by atoms with van der Waals surface area (Å²) in [7, 11) is -3.45. The Morgan fingerprint density at radius 2 is 1.94 bits per heavy atom. The molecule has 3 aliphatic rings. The minimum atomic E-state index is -3.45. The van der Waals surface area contributed by atoms with Crippen LogP contribution in [-0.4, -0.2) is 70.8 Å². The minimum absolute atomic E-state index is 0.0352. The zero-order valence-corrected chi connectivity index (χ0v) is 19.4. The summed E-state index contributed by atoms with van der Waals surface area (Å²) in [5, 5.41) is 43.0. The third-order valence-corrected chi connectivity index (χ3v) is 7.59. The Morgan fingerprint density at radius 3 is 2.57 bits per heavy atom. The van der Waals surface area contributed by atoms with Gasteiger partial charge in [0.05, 0.1) is 24.5 Å². The molecule has 2 unspecified atom stereocenters. The summed E-state index contributed by atoms with van der Waals surface area (Å²) in [6, 6.07) is 2.71. The average molecular weight is 505 g/mol. The van der Waals surface area contributed by atoms with Gasteiger partial charge >= 0.3 is 0 Å². The summed E-state index contributed by atoms with van der Waals surface area (Å²) in [4.78, 5) is 38.1. The van der Waals surface area contributed by atoms with Crippen molar-refractivity contribution >= 4 is 27.5 Å². The number of allylic oxidation sites excluding steroid dienone is 1. The lowest BCUT2D eigenvalue weighted by Crippen LogP contribution is -2.63. The summed E-state index contributed by atoms with van der Waals surface area (Å²) >= 11 is 0.